The van der Waals surface area contributed by atoms with Gasteiger partial charge in [0.2, 0.25) is 5.91 Å². The molecule has 0 aliphatic carbocycles. The number of rotatable bonds is 5. The highest BCUT2D eigenvalue weighted by molar-refractivity contribution is 6.05. The topological polar surface area (TPSA) is 99.3 Å². The van der Waals surface area contributed by atoms with E-state index in [1.807, 2.05) is 25.1 Å². The fraction of sp³-hybridized carbons (Fsp3) is 0.167. The van der Waals surface area contributed by atoms with Gasteiger partial charge in [-0.05, 0) is 36.8 Å². The molecule has 0 heterocycles. The lowest BCUT2D eigenvalue weighted by molar-refractivity contribution is -0.119. The molecule has 0 atom stereocenters. The zero-order valence-corrected chi connectivity index (χ0v) is 14.1. The summed E-state index contributed by atoms with van der Waals surface area (Å²) in [5.74, 6) is -0.581. The summed E-state index contributed by atoms with van der Waals surface area (Å²) in [6.45, 7) is 1.68. The molecule has 0 bridgehead atoms. The molecule has 0 saturated heterocycles. The number of hydrogen-bond acceptors (Lipinski definition) is 3. The monoisotopic (exact) mass is 340 g/mol. The Hall–Kier alpha value is -3.35. The first kappa shape index (κ1) is 18.0. The van der Waals surface area contributed by atoms with Crippen LogP contribution in [0.3, 0.4) is 0 Å². The maximum absolute atomic E-state index is 12.3. The van der Waals surface area contributed by atoms with Crippen LogP contribution in [0.5, 0.6) is 0 Å². The van der Waals surface area contributed by atoms with Crippen LogP contribution in [-0.4, -0.2) is 31.4 Å². The lowest BCUT2D eigenvalue weighted by atomic mass is 10.1. The molecule has 130 valence electrons. The summed E-state index contributed by atoms with van der Waals surface area (Å²) in [5.41, 5.74) is 2.39. The Balaban J connectivity index is 2.05. The lowest BCUT2D eigenvalue weighted by Crippen LogP contribution is -2.37. The molecule has 25 heavy (non-hydrogen) atoms. The van der Waals surface area contributed by atoms with Crippen molar-refractivity contribution in [3.63, 3.8) is 0 Å². The van der Waals surface area contributed by atoms with E-state index < -0.39 is 6.03 Å². The van der Waals surface area contributed by atoms with Gasteiger partial charge in [-0.2, -0.15) is 0 Å². The van der Waals surface area contributed by atoms with Gasteiger partial charge in [-0.3, -0.25) is 9.59 Å². The molecule has 0 aliphatic heterocycles. The Kier molecular flexibility index (Phi) is 6.11. The fourth-order valence-corrected chi connectivity index (χ4v) is 2.04. The van der Waals surface area contributed by atoms with E-state index in [9.17, 15) is 14.4 Å². The van der Waals surface area contributed by atoms with Gasteiger partial charge in [0, 0.05) is 24.0 Å². The van der Waals surface area contributed by atoms with Crippen LogP contribution in [-0.2, 0) is 4.79 Å². The van der Waals surface area contributed by atoms with E-state index in [0.29, 0.717) is 16.9 Å². The molecular weight excluding hydrogens is 320 g/mol. The lowest BCUT2D eigenvalue weighted by Gasteiger charge is -2.12. The Bertz CT molecular complexity index is 775. The van der Waals surface area contributed by atoms with Crippen molar-refractivity contribution < 1.29 is 14.4 Å². The normalized spacial score (nSPS) is 9.84. The van der Waals surface area contributed by atoms with Crippen LogP contribution >= 0.6 is 0 Å². The predicted octanol–water partition coefficient (Wildman–Crippen LogP) is 2.11. The largest absolute Gasteiger partial charge is 0.358 e. The van der Waals surface area contributed by atoms with E-state index in [1.165, 1.54) is 7.05 Å². The van der Waals surface area contributed by atoms with E-state index in [4.69, 9.17) is 0 Å². The van der Waals surface area contributed by atoms with Gasteiger partial charge in [0.25, 0.3) is 5.91 Å². The smallest absolute Gasteiger partial charge is 0.319 e. The number of likely N-dealkylation sites (N-methyl/N-ethyl adjacent to an activating group) is 1. The first-order valence-corrected chi connectivity index (χ1v) is 7.72. The number of hydrogen-bond donors (Lipinski definition) is 4. The Labute approximate surface area is 145 Å². The minimum atomic E-state index is -0.521. The first-order valence-electron chi connectivity index (χ1n) is 7.72. The first-order chi connectivity index (χ1) is 12.0. The van der Waals surface area contributed by atoms with E-state index in [1.54, 1.807) is 30.3 Å². The van der Waals surface area contributed by atoms with Crippen LogP contribution in [0.1, 0.15) is 15.9 Å². The number of benzene rings is 2. The van der Waals surface area contributed by atoms with Crippen LogP contribution in [0.2, 0.25) is 0 Å². The molecule has 0 aromatic heterocycles. The standard InChI is InChI=1S/C18H20N4O3/c1-12-8-9-13(17(24)21-14-6-4-3-5-7-14)10-15(12)22-18(25)20-11-16(23)19-2/h3-10H,11H2,1-2H3,(H,19,23)(H,21,24)(H2,20,22,25). The third-order valence-corrected chi connectivity index (χ3v) is 3.47. The van der Waals surface area contributed by atoms with Crippen molar-refractivity contribution in [2.75, 3.05) is 24.2 Å². The number of aryl methyl sites for hydroxylation is 1. The summed E-state index contributed by atoms with van der Waals surface area (Å²) >= 11 is 0. The van der Waals surface area contributed by atoms with Gasteiger partial charge in [-0.15, -0.1) is 0 Å². The van der Waals surface area contributed by atoms with Gasteiger partial charge in [-0.25, -0.2) is 4.79 Å². The summed E-state index contributed by atoms with van der Waals surface area (Å²) in [4.78, 5) is 35.3. The quantitative estimate of drug-likeness (QED) is 0.671. The van der Waals surface area contributed by atoms with Crippen molar-refractivity contribution in [1.29, 1.82) is 0 Å². The van der Waals surface area contributed by atoms with E-state index in [2.05, 4.69) is 21.3 Å². The van der Waals surface area contributed by atoms with Crippen molar-refractivity contribution in [2.24, 2.45) is 0 Å². The minimum absolute atomic E-state index is 0.129. The van der Waals surface area contributed by atoms with E-state index in [0.717, 1.165) is 5.56 Å². The molecule has 0 fully saturated rings. The van der Waals surface area contributed by atoms with Crippen molar-refractivity contribution in [3.8, 4) is 0 Å². The van der Waals surface area contributed by atoms with Gasteiger partial charge in [-0.1, -0.05) is 24.3 Å². The van der Waals surface area contributed by atoms with Gasteiger partial charge in [0.05, 0.1) is 6.54 Å². The number of carbonyl (C=O) groups excluding carboxylic acids is 3. The van der Waals surface area contributed by atoms with Crippen molar-refractivity contribution in [1.82, 2.24) is 10.6 Å². The zero-order valence-electron chi connectivity index (χ0n) is 14.1. The molecule has 0 saturated carbocycles. The maximum atomic E-state index is 12.3. The average Bonchev–Trinajstić information content (AvgIpc) is 2.62. The van der Waals surface area contributed by atoms with Gasteiger partial charge < -0.3 is 21.3 Å². The van der Waals surface area contributed by atoms with Gasteiger partial charge >= 0.3 is 6.03 Å². The number of nitrogens with one attached hydrogen (secondary N) is 4. The number of anilines is 2. The number of carbonyl (C=O) groups is 3. The highest BCUT2D eigenvalue weighted by Crippen LogP contribution is 2.18. The minimum Gasteiger partial charge on any atom is -0.358 e. The molecule has 0 aliphatic rings. The zero-order chi connectivity index (χ0) is 18.2. The molecule has 2 aromatic rings. The summed E-state index contributed by atoms with van der Waals surface area (Å²) < 4.78 is 0. The molecule has 4 amide bonds. The van der Waals surface area contributed by atoms with Gasteiger partial charge in [0.1, 0.15) is 0 Å². The summed E-state index contributed by atoms with van der Waals surface area (Å²) in [7, 11) is 1.49. The molecule has 0 unspecified atom stereocenters. The summed E-state index contributed by atoms with van der Waals surface area (Å²) in [5, 5.41) is 10.3. The van der Waals surface area contributed by atoms with Crippen LogP contribution in [0, 0.1) is 6.92 Å². The van der Waals surface area contributed by atoms with E-state index >= 15 is 0 Å². The van der Waals surface area contributed by atoms with E-state index in [-0.39, 0.29) is 18.4 Å². The van der Waals surface area contributed by atoms with Crippen molar-refractivity contribution in [3.05, 3.63) is 59.7 Å². The second-order valence-electron chi connectivity index (χ2n) is 5.33. The maximum Gasteiger partial charge on any atom is 0.319 e. The predicted molar refractivity (Wildman–Crippen MR) is 96.7 cm³/mol. The molecule has 4 N–H and O–H groups in total. The average molecular weight is 340 g/mol. The Morgan fingerprint density at radius 1 is 0.960 bits per heavy atom. The summed E-state index contributed by atoms with van der Waals surface area (Å²) in [6.07, 6.45) is 0. The second-order valence-corrected chi connectivity index (χ2v) is 5.33. The van der Waals surface area contributed by atoms with Crippen LogP contribution < -0.4 is 21.3 Å². The Morgan fingerprint density at radius 3 is 2.36 bits per heavy atom. The summed E-state index contributed by atoms with van der Waals surface area (Å²) in [6, 6.07) is 13.6. The van der Waals surface area contributed by atoms with Crippen LogP contribution in [0.15, 0.2) is 48.5 Å². The highest BCUT2D eigenvalue weighted by Gasteiger charge is 2.11. The molecule has 0 spiro atoms. The van der Waals surface area contributed by atoms with Gasteiger partial charge in [0.15, 0.2) is 0 Å². The molecule has 7 nitrogen and oxygen atoms in total. The molecule has 2 rings (SSSR count). The van der Waals surface area contributed by atoms with Crippen LogP contribution in [0.4, 0.5) is 16.2 Å². The fourth-order valence-electron chi connectivity index (χ4n) is 2.04. The molecule has 2 aromatic carbocycles. The molecule has 7 heteroatoms. The van der Waals surface area contributed by atoms with Crippen LogP contribution in [0.25, 0.3) is 0 Å². The number of amides is 4. The second kappa shape index (κ2) is 8.49. The molecular formula is C18H20N4O3. The number of urea groups is 1. The Morgan fingerprint density at radius 2 is 1.68 bits per heavy atom. The number of para-hydroxylation sites is 1. The van der Waals surface area contributed by atoms with Crippen molar-refractivity contribution >= 4 is 29.2 Å². The van der Waals surface area contributed by atoms with Crippen molar-refractivity contribution in [2.45, 2.75) is 6.92 Å². The highest BCUT2D eigenvalue weighted by atomic mass is 16.2. The third-order valence-electron chi connectivity index (χ3n) is 3.47. The SMILES string of the molecule is CNC(=O)CNC(=O)Nc1cc(C(=O)Nc2ccccc2)ccc1C. The molecule has 0 radical (unpaired) electrons. The third kappa shape index (κ3) is 5.35.